The van der Waals surface area contributed by atoms with Crippen LogP contribution in [0.3, 0.4) is 0 Å². The monoisotopic (exact) mass is 320 g/mol. The number of nitrogen functional groups attached to an aromatic ring is 1. The van der Waals surface area contributed by atoms with Crippen LogP contribution in [-0.2, 0) is 6.18 Å². The molecule has 2 nitrogen and oxygen atoms in total. The standard InChI is InChI=1S/C18H19F3N2/c1-12-10-16(6-7-17(12)22)23-9-8-14(11-23)13-2-4-15(5-3-13)18(19,20)21/h2-7,10,14H,8-9,11,22H2,1H3. The second kappa shape index (κ2) is 5.80. The van der Waals surface area contributed by atoms with E-state index in [0.29, 0.717) is 0 Å². The summed E-state index contributed by atoms with van der Waals surface area (Å²) in [5, 5.41) is 0. The summed E-state index contributed by atoms with van der Waals surface area (Å²) in [6.07, 6.45) is -3.34. The van der Waals surface area contributed by atoms with Crippen LogP contribution in [0.25, 0.3) is 0 Å². The summed E-state index contributed by atoms with van der Waals surface area (Å²) in [7, 11) is 0. The Morgan fingerprint density at radius 3 is 2.39 bits per heavy atom. The van der Waals surface area contributed by atoms with Crippen molar-refractivity contribution in [2.45, 2.75) is 25.4 Å². The second-order valence-electron chi connectivity index (χ2n) is 6.09. The molecule has 1 aliphatic rings. The normalized spacial score (nSPS) is 18.4. The zero-order chi connectivity index (χ0) is 16.6. The Bertz CT molecular complexity index is 692. The minimum atomic E-state index is -4.28. The van der Waals surface area contributed by atoms with Gasteiger partial charge in [0.2, 0.25) is 0 Å². The summed E-state index contributed by atoms with van der Waals surface area (Å²) in [6.45, 7) is 3.69. The molecule has 3 rings (SSSR count). The van der Waals surface area contributed by atoms with Gasteiger partial charge in [-0.05, 0) is 54.8 Å². The fraction of sp³-hybridized carbons (Fsp3) is 0.333. The van der Waals surface area contributed by atoms with Crippen LogP contribution in [0.1, 0.15) is 29.0 Å². The molecule has 0 radical (unpaired) electrons. The highest BCUT2D eigenvalue weighted by molar-refractivity contribution is 5.58. The Morgan fingerprint density at radius 2 is 1.78 bits per heavy atom. The van der Waals surface area contributed by atoms with E-state index in [-0.39, 0.29) is 5.92 Å². The average molecular weight is 320 g/mol. The summed E-state index contributed by atoms with van der Waals surface area (Å²) >= 11 is 0. The lowest BCUT2D eigenvalue weighted by Crippen LogP contribution is -2.19. The first-order chi connectivity index (χ1) is 10.8. The molecule has 2 aromatic carbocycles. The Morgan fingerprint density at radius 1 is 1.09 bits per heavy atom. The van der Waals surface area contributed by atoms with Gasteiger partial charge in [0.1, 0.15) is 0 Å². The molecule has 1 unspecified atom stereocenters. The maximum Gasteiger partial charge on any atom is 0.416 e. The number of benzene rings is 2. The van der Waals surface area contributed by atoms with Crippen molar-refractivity contribution in [3.8, 4) is 0 Å². The number of halogens is 3. The molecule has 0 aromatic heterocycles. The van der Waals surface area contributed by atoms with E-state index in [9.17, 15) is 13.2 Å². The largest absolute Gasteiger partial charge is 0.416 e. The lowest BCUT2D eigenvalue weighted by atomic mass is 9.97. The van der Waals surface area contributed by atoms with Crippen LogP contribution in [0.2, 0.25) is 0 Å². The van der Waals surface area contributed by atoms with Crippen molar-refractivity contribution >= 4 is 11.4 Å². The molecule has 5 heteroatoms. The van der Waals surface area contributed by atoms with Crippen molar-refractivity contribution in [1.82, 2.24) is 0 Å². The number of hydrogen-bond donors (Lipinski definition) is 1. The van der Waals surface area contributed by atoms with Crippen molar-refractivity contribution in [3.63, 3.8) is 0 Å². The molecule has 0 spiro atoms. The lowest BCUT2D eigenvalue weighted by molar-refractivity contribution is -0.137. The molecule has 0 bridgehead atoms. The molecule has 1 heterocycles. The first-order valence-electron chi connectivity index (χ1n) is 7.63. The van der Waals surface area contributed by atoms with Crippen LogP contribution < -0.4 is 10.6 Å². The number of nitrogens with two attached hydrogens (primary N) is 1. The fourth-order valence-electron chi connectivity index (χ4n) is 3.07. The molecule has 1 aliphatic heterocycles. The van der Waals surface area contributed by atoms with Crippen LogP contribution >= 0.6 is 0 Å². The Hall–Kier alpha value is -2.17. The van der Waals surface area contributed by atoms with E-state index in [1.807, 2.05) is 19.1 Å². The SMILES string of the molecule is Cc1cc(N2CCC(c3ccc(C(F)(F)F)cc3)C2)ccc1N. The van der Waals surface area contributed by atoms with Gasteiger partial charge in [-0.25, -0.2) is 0 Å². The number of anilines is 2. The molecular formula is C18H19F3N2. The van der Waals surface area contributed by atoms with E-state index < -0.39 is 11.7 Å². The molecule has 122 valence electrons. The topological polar surface area (TPSA) is 29.3 Å². The van der Waals surface area contributed by atoms with E-state index in [1.165, 1.54) is 12.1 Å². The summed E-state index contributed by atoms with van der Waals surface area (Å²) in [5.74, 6) is 0.259. The molecule has 1 atom stereocenters. The van der Waals surface area contributed by atoms with E-state index in [1.54, 1.807) is 12.1 Å². The van der Waals surface area contributed by atoms with Gasteiger partial charge in [-0.1, -0.05) is 12.1 Å². The first-order valence-corrected chi connectivity index (χ1v) is 7.63. The third kappa shape index (κ3) is 3.28. The molecule has 0 saturated carbocycles. The highest BCUT2D eigenvalue weighted by atomic mass is 19.4. The molecule has 1 fully saturated rings. The number of hydrogen-bond acceptors (Lipinski definition) is 2. The van der Waals surface area contributed by atoms with Gasteiger partial charge >= 0.3 is 6.18 Å². The number of rotatable bonds is 2. The zero-order valence-corrected chi connectivity index (χ0v) is 12.9. The predicted octanol–water partition coefficient (Wildman–Crippen LogP) is 4.59. The summed E-state index contributed by atoms with van der Waals surface area (Å²) < 4.78 is 37.9. The van der Waals surface area contributed by atoms with Crippen LogP contribution in [-0.4, -0.2) is 13.1 Å². The Labute approximate surface area is 133 Å². The molecule has 23 heavy (non-hydrogen) atoms. The van der Waals surface area contributed by atoms with E-state index >= 15 is 0 Å². The first kappa shape index (κ1) is 15.7. The molecule has 0 aliphatic carbocycles. The van der Waals surface area contributed by atoms with Gasteiger partial charge in [-0.3, -0.25) is 0 Å². The van der Waals surface area contributed by atoms with E-state index in [2.05, 4.69) is 11.0 Å². The Balaban J connectivity index is 1.73. The fourth-order valence-corrected chi connectivity index (χ4v) is 3.07. The summed E-state index contributed by atoms with van der Waals surface area (Å²) in [6, 6.07) is 11.5. The van der Waals surface area contributed by atoms with Crippen LogP contribution in [0.5, 0.6) is 0 Å². The van der Waals surface area contributed by atoms with Crippen molar-refractivity contribution in [1.29, 1.82) is 0 Å². The van der Waals surface area contributed by atoms with Gasteiger partial charge in [0.25, 0.3) is 0 Å². The summed E-state index contributed by atoms with van der Waals surface area (Å²) in [5.41, 5.74) is 9.15. The van der Waals surface area contributed by atoms with Crippen molar-refractivity contribution < 1.29 is 13.2 Å². The van der Waals surface area contributed by atoms with Crippen molar-refractivity contribution in [3.05, 3.63) is 59.2 Å². The van der Waals surface area contributed by atoms with E-state index in [4.69, 9.17) is 5.73 Å². The van der Waals surface area contributed by atoms with Crippen LogP contribution in [0.4, 0.5) is 24.5 Å². The lowest BCUT2D eigenvalue weighted by Gasteiger charge is -2.20. The second-order valence-corrected chi connectivity index (χ2v) is 6.09. The smallest absolute Gasteiger partial charge is 0.399 e. The molecular weight excluding hydrogens is 301 g/mol. The minimum Gasteiger partial charge on any atom is -0.399 e. The van der Waals surface area contributed by atoms with E-state index in [0.717, 1.165) is 42.0 Å². The molecule has 2 aromatic rings. The third-order valence-corrected chi connectivity index (χ3v) is 4.52. The van der Waals surface area contributed by atoms with Crippen LogP contribution in [0.15, 0.2) is 42.5 Å². The van der Waals surface area contributed by atoms with Gasteiger partial charge in [0.15, 0.2) is 0 Å². The number of nitrogens with zero attached hydrogens (tertiary/aromatic N) is 1. The predicted molar refractivity (Wildman–Crippen MR) is 86.6 cm³/mol. The van der Waals surface area contributed by atoms with Gasteiger partial charge < -0.3 is 10.6 Å². The van der Waals surface area contributed by atoms with Gasteiger partial charge in [-0.15, -0.1) is 0 Å². The third-order valence-electron chi connectivity index (χ3n) is 4.52. The molecule has 0 amide bonds. The number of aryl methyl sites for hydroxylation is 1. The van der Waals surface area contributed by atoms with Crippen molar-refractivity contribution in [2.24, 2.45) is 0 Å². The maximum atomic E-state index is 12.6. The van der Waals surface area contributed by atoms with Crippen molar-refractivity contribution in [2.75, 3.05) is 23.7 Å². The van der Waals surface area contributed by atoms with Gasteiger partial charge in [0.05, 0.1) is 5.56 Å². The highest BCUT2D eigenvalue weighted by Gasteiger charge is 2.31. The Kier molecular flexibility index (Phi) is 3.96. The average Bonchev–Trinajstić information content (AvgIpc) is 2.99. The van der Waals surface area contributed by atoms with Gasteiger partial charge in [-0.2, -0.15) is 13.2 Å². The molecule has 2 N–H and O–H groups in total. The minimum absolute atomic E-state index is 0.259. The summed E-state index contributed by atoms with van der Waals surface area (Å²) in [4.78, 5) is 2.26. The highest BCUT2D eigenvalue weighted by Crippen LogP contribution is 2.34. The quantitative estimate of drug-likeness (QED) is 0.820. The van der Waals surface area contributed by atoms with Gasteiger partial charge in [0, 0.05) is 30.4 Å². The van der Waals surface area contributed by atoms with Crippen LogP contribution in [0, 0.1) is 6.92 Å². The maximum absolute atomic E-state index is 12.6. The zero-order valence-electron chi connectivity index (χ0n) is 12.9. The molecule has 1 saturated heterocycles. The number of alkyl halides is 3.